The lowest BCUT2D eigenvalue weighted by Crippen LogP contribution is -2.46. The molecular weight excluding hydrogens is 200 g/mol. The molecule has 0 aromatic carbocycles. The maximum absolute atomic E-state index is 5.51. The van der Waals surface area contributed by atoms with E-state index in [0.717, 1.165) is 38.9 Å². The lowest BCUT2D eigenvalue weighted by atomic mass is 10.1. The highest BCUT2D eigenvalue weighted by molar-refractivity contribution is 5.02. The van der Waals surface area contributed by atoms with Gasteiger partial charge in [-0.25, -0.2) is 0 Å². The molecule has 1 heterocycles. The molecule has 0 bridgehead atoms. The number of rotatable bonds is 6. The molecule has 0 aromatic heterocycles. The van der Waals surface area contributed by atoms with Gasteiger partial charge in [-0.3, -0.25) is 4.90 Å². The molecular formula is C13H24N2O. The summed E-state index contributed by atoms with van der Waals surface area (Å²) in [5, 5.41) is 3.52. The number of ether oxygens (including phenoxy) is 1. The predicted octanol–water partition coefficient (Wildman–Crippen LogP) is 1.41. The second-order valence-electron chi connectivity index (χ2n) is 5.01. The molecule has 1 aliphatic heterocycles. The van der Waals surface area contributed by atoms with E-state index in [0.29, 0.717) is 6.04 Å². The maximum atomic E-state index is 5.51. The van der Waals surface area contributed by atoms with Crippen molar-refractivity contribution in [1.29, 1.82) is 0 Å². The zero-order valence-corrected chi connectivity index (χ0v) is 10.4. The van der Waals surface area contributed by atoms with Crippen LogP contribution in [-0.2, 0) is 4.74 Å². The SMILES string of the molecule is C=C(CNC1CC1)CN1CCOCC1CC. The van der Waals surface area contributed by atoms with Gasteiger partial charge < -0.3 is 10.1 Å². The summed E-state index contributed by atoms with van der Waals surface area (Å²) in [6, 6.07) is 1.37. The van der Waals surface area contributed by atoms with Crippen LogP contribution in [0.1, 0.15) is 26.2 Å². The molecule has 0 aromatic rings. The molecule has 16 heavy (non-hydrogen) atoms. The Kier molecular flexibility index (Phi) is 4.38. The van der Waals surface area contributed by atoms with Crippen molar-refractivity contribution in [1.82, 2.24) is 10.2 Å². The van der Waals surface area contributed by atoms with Crippen molar-refractivity contribution in [3.8, 4) is 0 Å². The molecule has 1 aliphatic carbocycles. The van der Waals surface area contributed by atoms with Crippen LogP contribution in [0.5, 0.6) is 0 Å². The minimum Gasteiger partial charge on any atom is -0.378 e. The summed E-state index contributed by atoms with van der Waals surface area (Å²) in [7, 11) is 0. The molecule has 1 N–H and O–H groups in total. The number of nitrogens with one attached hydrogen (secondary N) is 1. The summed E-state index contributed by atoms with van der Waals surface area (Å²) in [6.07, 6.45) is 3.87. The highest BCUT2D eigenvalue weighted by atomic mass is 16.5. The van der Waals surface area contributed by atoms with Gasteiger partial charge in [0.15, 0.2) is 0 Å². The standard InChI is InChI=1S/C13H24N2O/c1-3-13-10-16-7-6-15(13)9-11(2)8-14-12-4-5-12/h12-14H,2-10H2,1H3. The molecule has 92 valence electrons. The summed E-state index contributed by atoms with van der Waals surface area (Å²) in [5.74, 6) is 0. The van der Waals surface area contributed by atoms with Crippen molar-refractivity contribution in [2.45, 2.75) is 38.3 Å². The summed E-state index contributed by atoms with van der Waals surface area (Å²) < 4.78 is 5.51. The molecule has 1 saturated heterocycles. The third-order valence-corrected chi connectivity index (χ3v) is 3.47. The van der Waals surface area contributed by atoms with Gasteiger partial charge in [-0.2, -0.15) is 0 Å². The first kappa shape index (κ1) is 12.1. The number of morpholine rings is 1. The number of hydrogen-bond acceptors (Lipinski definition) is 3. The van der Waals surface area contributed by atoms with Gasteiger partial charge in [0.2, 0.25) is 0 Å². The molecule has 0 amide bonds. The van der Waals surface area contributed by atoms with Crippen molar-refractivity contribution >= 4 is 0 Å². The smallest absolute Gasteiger partial charge is 0.0622 e. The Morgan fingerprint density at radius 1 is 1.50 bits per heavy atom. The first-order valence-corrected chi connectivity index (χ1v) is 6.51. The Hall–Kier alpha value is -0.380. The van der Waals surface area contributed by atoms with Gasteiger partial charge >= 0.3 is 0 Å². The fourth-order valence-electron chi connectivity index (χ4n) is 2.19. The van der Waals surface area contributed by atoms with Gasteiger partial charge in [0.05, 0.1) is 13.2 Å². The zero-order valence-electron chi connectivity index (χ0n) is 10.4. The average Bonchev–Trinajstić information content (AvgIpc) is 3.11. The predicted molar refractivity (Wildman–Crippen MR) is 66.6 cm³/mol. The van der Waals surface area contributed by atoms with E-state index in [4.69, 9.17) is 4.74 Å². The van der Waals surface area contributed by atoms with Gasteiger partial charge in [-0.05, 0) is 24.8 Å². The Bertz CT molecular complexity index is 238. The molecule has 3 heteroatoms. The first-order valence-electron chi connectivity index (χ1n) is 6.51. The van der Waals surface area contributed by atoms with Crippen LogP contribution in [0.15, 0.2) is 12.2 Å². The van der Waals surface area contributed by atoms with E-state index < -0.39 is 0 Å². The number of hydrogen-bond donors (Lipinski definition) is 1. The summed E-state index contributed by atoms with van der Waals surface area (Å²) in [6.45, 7) is 11.2. The zero-order chi connectivity index (χ0) is 11.4. The van der Waals surface area contributed by atoms with E-state index in [9.17, 15) is 0 Å². The Morgan fingerprint density at radius 3 is 3.00 bits per heavy atom. The van der Waals surface area contributed by atoms with Crippen molar-refractivity contribution in [3.63, 3.8) is 0 Å². The van der Waals surface area contributed by atoms with E-state index in [1.807, 2.05) is 0 Å². The first-order chi connectivity index (χ1) is 7.79. The lowest BCUT2D eigenvalue weighted by molar-refractivity contribution is -0.00409. The summed E-state index contributed by atoms with van der Waals surface area (Å²) in [5.41, 5.74) is 1.31. The average molecular weight is 224 g/mol. The minimum atomic E-state index is 0.589. The van der Waals surface area contributed by atoms with E-state index in [1.165, 1.54) is 24.8 Å². The topological polar surface area (TPSA) is 24.5 Å². The molecule has 1 saturated carbocycles. The molecule has 2 fully saturated rings. The van der Waals surface area contributed by atoms with Crippen molar-refractivity contribution in [2.24, 2.45) is 0 Å². The second kappa shape index (κ2) is 5.80. The van der Waals surface area contributed by atoms with Gasteiger partial charge in [-0.15, -0.1) is 0 Å². The molecule has 1 atom stereocenters. The number of nitrogens with zero attached hydrogens (tertiary/aromatic N) is 1. The van der Waals surface area contributed by atoms with Gasteiger partial charge in [-0.1, -0.05) is 13.5 Å². The summed E-state index contributed by atoms with van der Waals surface area (Å²) >= 11 is 0. The van der Waals surface area contributed by atoms with E-state index >= 15 is 0 Å². The molecule has 2 rings (SSSR count). The Balaban J connectivity index is 1.70. The third kappa shape index (κ3) is 3.58. The van der Waals surface area contributed by atoms with Crippen LogP contribution in [-0.4, -0.2) is 49.8 Å². The van der Waals surface area contributed by atoms with Crippen molar-refractivity contribution < 1.29 is 4.74 Å². The minimum absolute atomic E-state index is 0.589. The van der Waals surface area contributed by atoms with E-state index in [2.05, 4.69) is 23.7 Å². The molecule has 1 unspecified atom stereocenters. The van der Waals surface area contributed by atoms with Gasteiger partial charge in [0, 0.05) is 31.7 Å². The quantitative estimate of drug-likeness (QED) is 0.690. The van der Waals surface area contributed by atoms with Crippen LogP contribution >= 0.6 is 0 Å². The Morgan fingerprint density at radius 2 is 2.31 bits per heavy atom. The molecule has 0 spiro atoms. The van der Waals surface area contributed by atoms with E-state index in [-0.39, 0.29) is 0 Å². The van der Waals surface area contributed by atoms with Crippen LogP contribution in [0, 0.1) is 0 Å². The maximum Gasteiger partial charge on any atom is 0.0622 e. The lowest BCUT2D eigenvalue weighted by Gasteiger charge is -2.35. The molecule has 0 radical (unpaired) electrons. The van der Waals surface area contributed by atoms with Crippen molar-refractivity contribution in [3.05, 3.63) is 12.2 Å². The van der Waals surface area contributed by atoms with E-state index in [1.54, 1.807) is 0 Å². The monoisotopic (exact) mass is 224 g/mol. The third-order valence-electron chi connectivity index (χ3n) is 3.47. The second-order valence-corrected chi connectivity index (χ2v) is 5.01. The van der Waals surface area contributed by atoms with Crippen molar-refractivity contribution in [2.75, 3.05) is 32.8 Å². The highest BCUT2D eigenvalue weighted by Gasteiger charge is 2.23. The van der Waals surface area contributed by atoms with Gasteiger partial charge in [0.1, 0.15) is 0 Å². The Labute approximate surface area is 98.8 Å². The van der Waals surface area contributed by atoms with Crippen LogP contribution in [0.2, 0.25) is 0 Å². The van der Waals surface area contributed by atoms with Crippen LogP contribution < -0.4 is 5.32 Å². The van der Waals surface area contributed by atoms with Crippen LogP contribution in [0.3, 0.4) is 0 Å². The van der Waals surface area contributed by atoms with Crippen LogP contribution in [0.4, 0.5) is 0 Å². The summed E-state index contributed by atoms with van der Waals surface area (Å²) in [4.78, 5) is 2.51. The normalized spacial score (nSPS) is 26.9. The molecule has 2 aliphatic rings. The fraction of sp³-hybridized carbons (Fsp3) is 0.846. The highest BCUT2D eigenvalue weighted by Crippen LogP contribution is 2.19. The van der Waals surface area contributed by atoms with Gasteiger partial charge in [0.25, 0.3) is 0 Å². The largest absolute Gasteiger partial charge is 0.378 e. The molecule has 3 nitrogen and oxygen atoms in total. The van der Waals surface area contributed by atoms with Crippen LogP contribution in [0.25, 0.3) is 0 Å². The fourth-order valence-corrected chi connectivity index (χ4v) is 2.19.